The van der Waals surface area contributed by atoms with Crippen molar-refractivity contribution in [2.24, 2.45) is 5.10 Å². The molecular formula is C20H29N3O4. The molecule has 1 aliphatic rings. The van der Waals surface area contributed by atoms with Gasteiger partial charge in [-0.25, -0.2) is 5.01 Å². The van der Waals surface area contributed by atoms with Gasteiger partial charge in [0.1, 0.15) is 5.75 Å². The van der Waals surface area contributed by atoms with Crippen LogP contribution in [0.15, 0.2) is 29.4 Å². The highest BCUT2D eigenvalue weighted by Crippen LogP contribution is 2.18. The normalized spacial score (nSPS) is 14.3. The van der Waals surface area contributed by atoms with Crippen LogP contribution >= 0.6 is 0 Å². The number of nitrogens with zero attached hydrogens (tertiary/aromatic N) is 2. The Hall–Kier alpha value is -2.41. The predicted octanol–water partition coefficient (Wildman–Crippen LogP) is 2.34. The zero-order chi connectivity index (χ0) is 19.6. The van der Waals surface area contributed by atoms with Crippen LogP contribution in [0.2, 0.25) is 0 Å². The molecule has 0 aliphatic carbocycles. The van der Waals surface area contributed by atoms with Gasteiger partial charge in [0.05, 0.1) is 25.5 Å². The number of amides is 2. The fraction of sp³-hybridized carbons (Fsp3) is 0.550. The van der Waals surface area contributed by atoms with Crippen LogP contribution in [0.1, 0.15) is 45.1 Å². The average Bonchev–Trinajstić information content (AvgIpc) is 2.67. The van der Waals surface area contributed by atoms with Crippen LogP contribution in [0.3, 0.4) is 0 Å². The quantitative estimate of drug-likeness (QED) is 0.637. The highest BCUT2D eigenvalue weighted by atomic mass is 16.5. The van der Waals surface area contributed by atoms with Crippen molar-refractivity contribution >= 4 is 17.5 Å². The summed E-state index contributed by atoms with van der Waals surface area (Å²) in [4.78, 5) is 24.1. The first-order valence-electron chi connectivity index (χ1n) is 9.40. The van der Waals surface area contributed by atoms with E-state index < -0.39 is 0 Å². The van der Waals surface area contributed by atoms with Gasteiger partial charge in [0.2, 0.25) is 11.8 Å². The van der Waals surface area contributed by atoms with Crippen LogP contribution in [0.25, 0.3) is 0 Å². The number of carbonyl (C=O) groups is 2. The molecule has 1 aliphatic heterocycles. The van der Waals surface area contributed by atoms with Crippen molar-refractivity contribution in [3.8, 4) is 5.75 Å². The zero-order valence-corrected chi connectivity index (χ0v) is 16.4. The summed E-state index contributed by atoms with van der Waals surface area (Å²) >= 11 is 0. The summed E-state index contributed by atoms with van der Waals surface area (Å²) in [6.45, 7) is 5.44. The van der Waals surface area contributed by atoms with Crippen molar-refractivity contribution in [3.63, 3.8) is 0 Å². The molecule has 1 aromatic carbocycles. The van der Waals surface area contributed by atoms with Crippen molar-refractivity contribution < 1.29 is 19.1 Å². The number of benzene rings is 1. The van der Waals surface area contributed by atoms with E-state index in [1.807, 2.05) is 38.1 Å². The third-order valence-corrected chi connectivity index (χ3v) is 4.17. The molecule has 0 unspecified atom stereocenters. The number of methoxy groups -OCH3 is 1. The Balaban J connectivity index is 1.81. The smallest absolute Gasteiger partial charge is 0.243 e. The van der Waals surface area contributed by atoms with Gasteiger partial charge in [-0.2, -0.15) is 5.10 Å². The number of ether oxygens (including phenoxy) is 2. The molecule has 2 amide bonds. The van der Waals surface area contributed by atoms with Gasteiger partial charge in [-0.1, -0.05) is 0 Å². The van der Waals surface area contributed by atoms with E-state index in [0.717, 1.165) is 23.4 Å². The second kappa shape index (κ2) is 10.7. The number of carbonyl (C=O) groups excluding carboxylic acids is 2. The first-order valence-corrected chi connectivity index (χ1v) is 9.40. The maximum atomic E-state index is 12.1. The van der Waals surface area contributed by atoms with Crippen LogP contribution in [0.5, 0.6) is 5.75 Å². The molecule has 2 rings (SSSR count). The lowest BCUT2D eigenvalue weighted by molar-refractivity contribution is -0.132. The Morgan fingerprint density at radius 1 is 1.26 bits per heavy atom. The first kappa shape index (κ1) is 20.9. The molecule has 7 heteroatoms. The molecule has 0 fully saturated rings. The number of hydrogen-bond donors (Lipinski definition) is 1. The van der Waals surface area contributed by atoms with E-state index in [4.69, 9.17) is 9.47 Å². The molecule has 0 atom stereocenters. The maximum absolute atomic E-state index is 12.1. The fourth-order valence-electron chi connectivity index (χ4n) is 2.68. The largest absolute Gasteiger partial charge is 0.497 e. The topological polar surface area (TPSA) is 80.2 Å². The van der Waals surface area contributed by atoms with Crippen LogP contribution < -0.4 is 10.1 Å². The van der Waals surface area contributed by atoms with Gasteiger partial charge in [0.15, 0.2) is 0 Å². The van der Waals surface area contributed by atoms with Gasteiger partial charge in [-0.3, -0.25) is 9.59 Å². The van der Waals surface area contributed by atoms with Crippen molar-refractivity contribution in [1.29, 1.82) is 0 Å². The van der Waals surface area contributed by atoms with Crippen molar-refractivity contribution in [2.45, 2.75) is 45.6 Å². The van der Waals surface area contributed by atoms with Gasteiger partial charge in [-0.05, 0) is 50.1 Å². The van der Waals surface area contributed by atoms with E-state index in [1.54, 1.807) is 7.11 Å². The molecule has 7 nitrogen and oxygen atoms in total. The van der Waals surface area contributed by atoms with Crippen LogP contribution in [0.4, 0.5) is 0 Å². The van der Waals surface area contributed by atoms with Crippen LogP contribution in [-0.4, -0.2) is 55.4 Å². The summed E-state index contributed by atoms with van der Waals surface area (Å²) in [6, 6.07) is 7.60. The van der Waals surface area contributed by atoms with E-state index in [1.165, 1.54) is 5.01 Å². The molecular weight excluding hydrogens is 346 g/mol. The standard InChI is InChI=1S/C20H29N3O4/c1-15(2)27-14-4-12-21-19(24)11-13-23-20(25)10-9-18(22-23)16-5-7-17(26-3)8-6-16/h5-8,15H,4,9-14H2,1-3H3,(H,21,24). The van der Waals surface area contributed by atoms with E-state index >= 15 is 0 Å². The predicted molar refractivity (Wildman–Crippen MR) is 104 cm³/mol. The molecule has 1 heterocycles. The molecule has 0 bridgehead atoms. The van der Waals surface area contributed by atoms with Gasteiger partial charge in [0, 0.05) is 32.4 Å². The minimum Gasteiger partial charge on any atom is -0.497 e. The summed E-state index contributed by atoms with van der Waals surface area (Å²) < 4.78 is 10.6. The Kier molecular flexibility index (Phi) is 8.26. The minimum absolute atomic E-state index is 0.0506. The second-order valence-electron chi connectivity index (χ2n) is 6.67. The summed E-state index contributed by atoms with van der Waals surface area (Å²) in [5, 5.41) is 8.70. The van der Waals surface area contributed by atoms with Crippen LogP contribution in [0, 0.1) is 0 Å². The summed E-state index contributed by atoms with van der Waals surface area (Å²) in [7, 11) is 1.62. The number of nitrogens with one attached hydrogen (secondary N) is 1. The Morgan fingerprint density at radius 2 is 2.00 bits per heavy atom. The van der Waals surface area contributed by atoms with Crippen molar-refractivity contribution in [3.05, 3.63) is 29.8 Å². The molecule has 148 valence electrons. The van der Waals surface area contributed by atoms with E-state index in [9.17, 15) is 9.59 Å². The SMILES string of the molecule is COc1ccc(C2=NN(CCC(=O)NCCCOC(C)C)C(=O)CC2)cc1. The first-order chi connectivity index (χ1) is 13.0. The van der Waals surface area contributed by atoms with E-state index in [0.29, 0.717) is 26.0 Å². The third-order valence-electron chi connectivity index (χ3n) is 4.17. The lowest BCUT2D eigenvalue weighted by Crippen LogP contribution is -2.35. The number of hydrogen-bond acceptors (Lipinski definition) is 5. The fourth-order valence-corrected chi connectivity index (χ4v) is 2.68. The average molecular weight is 375 g/mol. The van der Waals surface area contributed by atoms with Crippen molar-refractivity contribution in [2.75, 3.05) is 26.8 Å². The maximum Gasteiger partial charge on any atom is 0.243 e. The third kappa shape index (κ3) is 7.02. The highest BCUT2D eigenvalue weighted by Gasteiger charge is 2.21. The van der Waals surface area contributed by atoms with Gasteiger partial charge in [0.25, 0.3) is 0 Å². The minimum atomic E-state index is -0.0842. The Bertz CT molecular complexity index is 656. The molecule has 1 N–H and O–H groups in total. The summed E-state index contributed by atoms with van der Waals surface area (Å²) in [5.74, 6) is 0.642. The molecule has 1 aromatic rings. The molecule has 0 spiro atoms. The second-order valence-corrected chi connectivity index (χ2v) is 6.67. The summed E-state index contributed by atoms with van der Waals surface area (Å²) in [6.07, 6.45) is 2.20. The summed E-state index contributed by atoms with van der Waals surface area (Å²) in [5.41, 5.74) is 1.81. The van der Waals surface area contributed by atoms with Crippen LogP contribution in [-0.2, 0) is 14.3 Å². The van der Waals surface area contributed by atoms with E-state index in [2.05, 4.69) is 10.4 Å². The molecule has 0 saturated carbocycles. The van der Waals surface area contributed by atoms with Gasteiger partial charge < -0.3 is 14.8 Å². The highest BCUT2D eigenvalue weighted by molar-refractivity contribution is 6.04. The monoisotopic (exact) mass is 375 g/mol. The van der Waals surface area contributed by atoms with E-state index in [-0.39, 0.29) is 30.9 Å². The van der Waals surface area contributed by atoms with Crippen molar-refractivity contribution in [1.82, 2.24) is 10.3 Å². The van der Waals surface area contributed by atoms with Gasteiger partial charge >= 0.3 is 0 Å². The molecule has 0 saturated heterocycles. The lowest BCUT2D eigenvalue weighted by Gasteiger charge is -2.23. The van der Waals surface area contributed by atoms with Gasteiger partial charge in [-0.15, -0.1) is 0 Å². The molecule has 0 aromatic heterocycles. The number of hydrazone groups is 1. The molecule has 0 radical (unpaired) electrons. The lowest BCUT2D eigenvalue weighted by atomic mass is 10.0. The zero-order valence-electron chi connectivity index (χ0n) is 16.4. The number of rotatable bonds is 10. The Labute approximate surface area is 160 Å². The molecule has 27 heavy (non-hydrogen) atoms. The Morgan fingerprint density at radius 3 is 2.67 bits per heavy atom.